The molecule has 5 nitrogen and oxygen atoms in total. The molecule has 0 fully saturated rings. The third-order valence-corrected chi connectivity index (χ3v) is 5.66. The average Bonchev–Trinajstić information content (AvgIpc) is 2.68. The predicted molar refractivity (Wildman–Crippen MR) is 107 cm³/mol. The molecule has 0 saturated carbocycles. The Balaban J connectivity index is 1.74. The summed E-state index contributed by atoms with van der Waals surface area (Å²) in [6, 6.07) is 15.8. The number of anilines is 2. The van der Waals surface area contributed by atoms with Crippen molar-refractivity contribution in [2.24, 2.45) is 5.92 Å². The van der Waals surface area contributed by atoms with Crippen molar-refractivity contribution in [2.45, 2.75) is 36.1 Å². The van der Waals surface area contributed by atoms with E-state index in [1.54, 1.807) is 11.8 Å². The molecule has 1 atom stereocenters. The van der Waals surface area contributed by atoms with Gasteiger partial charge in [0.15, 0.2) is 0 Å². The summed E-state index contributed by atoms with van der Waals surface area (Å²) in [7, 11) is 1.34. The molecule has 6 heteroatoms. The molecule has 0 aliphatic carbocycles. The van der Waals surface area contributed by atoms with Gasteiger partial charge in [0.05, 0.1) is 18.5 Å². The number of esters is 1. The number of nitrogens with one attached hydrogen (secondary N) is 1. The monoisotopic (exact) mass is 384 g/mol. The van der Waals surface area contributed by atoms with Gasteiger partial charge in [0.1, 0.15) is 6.04 Å². The van der Waals surface area contributed by atoms with Crippen LogP contribution in [0.4, 0.5) is 11.4 Å². The number of amides is 1. The molecule has 27 heavy (non-hydrogen) atoms. The van der Waals surface area contributed by atoms with Gasteiger partial charge in [-0.1, -0.05) is 49.9 Å². The van der Waals surface area contributed by atoms with Crippen LogP contribution < -0.4 is 10.2 Å². The maximum absolute atomic E-state index is 12.5. The lowest BCUT2D eigenvalue weighted by atomic mass is 10.0. The highest BCUT2D eigenvalue weighted by Crippen LogP contribution is 2.47. The van der Waals surface area contributed by atoms with Gasteiger partial charge in [-0.25, -0.2) is 4.79 Å². The van der Waals surface area contributed by atoms with E-state index in [9.17, 15) is 9.59 Å². The van der Waals surface area contributed by atoms with Gasteiger partial charge in [0.2, 0.25) is 5.91 Å². The molecule has 2 aromatic carbocycles. The molecule has 0 unspecified atom stereocenters. The standard InChI is InChI=1S/C21H24N2O3S/c1-14(2)20(21(25)26-3)22-19(24)12-13-23-15-8-4-6-10-17(15)27-18-11-7-5-9-16(18)23/h4-11,14,20H,12-13H2,1-3H3,(H,22,24)/t20-/m0/s1. The van der Waals surface area contributed by atoms with Gasteiger partial charge < -0.3 is 15.0 Å². The molecule has 3 rings (SSSR count). The van der Waals surface area contributed by atoms with E-state index in [-0.39, 0.29) is 18.2 Å². The van der Waals surface area contributed by atoms with Gasteiger partial charge in [0, 0.05) is 22.8 Å². The van der Waals surface area contributed by atoms with E-state index in [2.05, 4.69) is 34.5 Å². The molecule has 1 aliphatic heterocycles. The first-order valence-electron chi connectivity index (χ1n) is 9.02. The lowest BCUT2D eigenvalue weighted by Crippen LogP contribution is -2.45. The number of carbonyl (C=O) groups excluding carboxylic acids is 2. The van der Waals surface area contributed by atoms with E-state index in [0.717, 1.165) is 11.4 Å². The van der Waals surface area contributed by atoms with E-state index in [1.165, 1.54) is 16.9 Å². The Morgan fingerprint density at radius 2 is 1.59 bits per heavy atom. The smallest absolute Gasteiger partial charge is 0.328 e. The molecule has 142 valence electrons. The third kappa shape index (κ3) is 4.27. The van der Waals surface area contributed by atoms with E-state index < -0.39 is 12.0 Å². The first kappa shape index (κ1) is 19.3. The highest BCUT2D eigenvalue weighted by Gasteiger charge is 2.26. The van der Waals surface area contributed by atoms with Crippen molar-refractivity contribution in [1.29, 1.82) is 0 Å². The summed E-state index contributed by atoms with van der Waals surface area (Å²) in [6.07, 6.45) is 0.285. The quantitative estimate of drug-likeness (QED) is 0.763. The Morgan fingerprint density at radius 3 is 2.11 bits per heavy atom. The Bertz CT molecular complexity index is 792. The first-order valence-corrected chi connectivity index (χ1v) is 9.83. The Kier molecular flexibility index (Phi) is 6.06. The fourth-order valence-electron chi connectivity index (χ4n) is 3.11. The molecule has 0 saturated heterocycles. The van der Waals surface area contributed by atoms with Crippen LogP contribution in [-0.4, -0.2) is 31.6 Å². The second-order valence-corrected chi connectivity index (χ2v) is 7.84. The number of hydrogen-bond acceptors (Lipinski definition) is 5. The van der Waals surface area contributed by atoms with Crippen molar-refractivity contribution in [3.8, 4) is 0 Å². The number of nitrogens with zero attached hydrogens (tertiary/aromatic N) is 1. The molecule has 1 amide bonds. The molecule has 0 bridgehead atoms. The Labute approximate surface area is 164 Å². The molecule has 1 N–H and O–H groups in total. The lowest BCUT2D eigenvalue weighted by Gasteiger charge is -2.32. The summed E-state index contributed by atoms with van der Waals surface area (Å²) in [5, 5.41) is 2.81. The normalized spacial score (nSPS) is 13.6. The van der Waals surface area contributed by atoms with Crippen molar-refractivity contribution in [2.75, 3.05) is 18.6 Å². The maximum atomic E-state index is 12.5. The predicted octanol–water partition coefficient (Wildman–Crippen LogP) is 3.99. The van der Waals surface area contributed by atoms with Crippen LogP contribution in [0, 0.1) is 5.92 Å². The molecule has 1 heterocycles. The van der Waals surface area contributed by atoms with Crippen molar-refractivity contribution in [3.05, 3.63) is 48.5 Å². The third-order valence-electron chi connectivity index (χ3n) is 4.53. The van der Waals surface area contributed by atoms with Gasteiger partial charge in [-0.2, -0.15) is 0 Å². The van der Waals surface area contributed by atoms with Crippen LogP contribution in [0.3, 0.4) is 0 Å². The summed E-state index contributed by atoms with van der Waals surface area (Å²) >= 11 is 1.74. The second kappa shape index (κ2) is 8.48. The minimum absolute atomic E-state index is 0.0331. The van der Waals surface area contributed by atoms with Crippen LogP contribution in [0.5, 0.6) is 0 Å². The summed E-state index contributed by atoms with van der Waals surface area (Å²) in [5.41, 5.74) is 2.20. The number of benzene rings is 2. The summed E-state index contributed by atoms with van der Waals surface area (Å²) in [4.78, 5) is 28.9. The zero-order valence-electron chi connectivity index (χ0n) is 15.8. The van der Waals surface area contributed by atoms with Crippen LogP contribution >= 0.6 is 11.8 Å². The minimum Gasteiger partial charge on any atom is -0.467 e. The Morgan fingerprint density at radius 1 is 1.04 bits per heavy atom. The highest BCUT2D eigenvalue weighted by atomic mass is 32.2. The van der Waals surface area contributed by atoms with Crippen molar-refractivity contribution >= 4 is 35.0 Å². The summed E-state index contributed by atoms with van der Waals surface area (Å²) < 4.78 is 4.80. The minimum atomic E-state index is -0.626. The summed E-state index contributed by atoms with van der Waals surface area (Å²) in [6.45, 7) is 4.30. The number of fused-ring (bicyclic) bond motifs is 2. The van der Waals surface area contributed by atoms with Crippen molar-refractivity contribution in [3.63, 3.8) is 0 Å². The van der Waals surface area contributed by atoms with E-state index in [1.807, 2.05) is 38.1 Å². The molecule has 2 aromatic rings. The molecule has 0 aromatic heterocycles. The number of para-hydroxylation sites is 2. The van der Waals surface area contributed by atoms with E-state index >= 15 is 0 Å². The largest absolute Gasteiger partial charge is 0.467 e. The maximum Gasteiger partial charge on any atom is 0.328 e. The first-order chi connectivity index (χ1) is 13.0. The van der Waals surface area contributed by atoms with Gasteiger partial charge in [-0.05, 0) is 30.2 Å². The average molecular weight is 385 g/mol. The van der Waals surface area contributed by atoms with Gasteiger partial charge in [0.25, 0.3) is 0 Å². The van der Waals surface area contributed by atoms with Crippen LogP contribution in [0.15, 0.2) is 58.3 Å². The van der Waals surface area contributed by atoms with Gasteiger partial charge >= 0.3 is 5.97 Å². The topological polar surface area (TPSA) is 58.6 Å². The molecular weight excluding hydrogens is 360 g/mol. The Hall–Kier alpha value is -2.47. The van der Waals surface area contributed by atoms with Gasteiger partial charge in [-0.3, -0.25) is 4.79 Å². The number of rotatable bonds is 6. The summed E-state index contributed by atoms with van der Waals surface area (Å²) in [5.74, 6) is -0.607. The number of hydrogen-bond donors (Lipinski definition) is 1. The zero-order valence-corrected chi connectivity index (χ0v) is 16.6. The van der Waals surface area contributed by atoms with Crippen LogP contribution in [0.25, 0.3) is 0 Å². The van der Waals surface area contributed by atoms with Crippen LogP contribution in [0.2, 0.25) is 0 Å². The SMILES string of the molecule is COC(=O)[C@@H](NC(=O)CCN1c2ccccc2Sc2ccccc21)C(C)C. The number of ether oxygens (including phenoxy) is 1. The molecule has 0 radical (unpaired) electrons. The van der Waals surface area contributed by atoms with Crippen molar-refractivity contribution in [1.82, 2.24) is 5.32 Å². The second-order valence-electron chi connectivity index (χ2n) is 6.75. The molecule has 0 spiro atoms. The highest BCUT2D eigenvalue weighted by molar-refractivity contribution is 7.99. The number of carbonyl (C=O) groups is 2. The van der Waals surface area contributed by atoms with E-state index in [4.69, 9.17) is 4.74 Å². The van der Waals surface area contributed by atoms with Crippen molar-refractivity contribution < 1.29 is 14.3 Å². The van der Waals surface area contributed by atoms with Crippen LogP contribution in [0.1, 0.15) is 20.3 Å². The zero-order chi connectivity index (χ0) is 19.4. The lowest BCUT2D eigenvalue weighted by molar-refractivity contribution is -0.146. The molecular formula is C21H24N2O3S. The van der Waals surface area contributed by atoms with Crippen LogP contribution in [-0.2, 0) is 14.3 Å². The van der Waals surface area contributed by atoms with Gasteiger partial charge in [-0.15, -0.1) is 0 Å². The molecule has 1 aliphatic rings. The van der Waals surface area contributed by atoms with E-state index in [0.29, 0.717) is 6.54 Å². The number of methoxy groups -OCH3 is 1. The fraction of sp³-hybridized carbons (Fsp3) is 0.333. The fourth-order valence-corrected chi connectivity index (χ4v) is 4.20.